The Balaban J connectivity index is 1.25. The number of nitrogens with zero attached hydrogens (tertiary/aromatic N) is 5. The number of anilines is 1. The van der Waals surface area contributed by atoms with Crippen LogP contribution in [-0.2, 0) is 22.7 Å². The van der Waals surface area contributed by atoms with Crippen molar-refractivity contribution >= 4 is 17.5 Å². The van der Waals surface area contributed by atoms with E-state index in [4.69, 9.17) is 4.74 Å². The highest BCUT2D eigenvalue weighted by Gasteiger charge is 2.42. The van der Waals surface area contributed by atoms with E-state index in [1.165, 1.54) is 24.9 Å². The molecule has 0 saturated carbocycles. The van der Waals surface area contributed by atoms with Gasteiger partial charge < -0.3 is 19.9 Å². The van der Waals surface area contributed by atoms with Crippen molar-refractivity contribution in [1.82, 2.24) is 25.2 Å². The van der Waals surface area contributed by atoms with Gasteiger partial charge in [-0.15, -0.1) is 5.10 Å². The predicted molar refractivity (Wildman–Crippen MR) is 141 cm³/mol. The molecular formula is C28H40N6O3. The first-order chi connectivity index (χ1) is 18.1. The molecule has 2 saturated heterocycles. The maximum absolute atomic E-state index is 13.6. The molecule has 2 bridgehead atoms. The summed E-state index contributed by atoms with van der Waals surface area (Å²) < 4.78 is 7.54. The summed E-state index contributed by atoms with van der Waals surface area (Å²) in [5, 5.41) is 11.5. The van der Waals surface area contributed by atoms with Crippen LogP contribution in [0.15, 0.2) is 24.4 Å². The van der Waals surface area contributed by atoms with Crippen molar-refractivity contribution in [3.63, 3.8) is 0 Å². The first kappa shape index (κ1) is 25.7. The second-order valence-electron chi connectivity index (χ2n) is 10.8. The van der Waals surface area contributed by atoms with E-state index in [2.05, 4.69) is 33.5 Å². The van der Waals surface area contributed by atoms with Gasteiger partial charge in [0.25, 0.3) is 5.91 Å². The number of amides is 2. The van der Waals surface area contributed by atoms with Gasteiger partial charge in [-0.25, -0.2) is 0 Å². The summed E-state index contributed by atoms with van der Waals surface area (Å²) in [6.07, 6.45) is 9.69. The number of nitrogens with one attached hydrogen (secondary N) is 1. The molecule has 37 heavy (non-hydrogen) atoms. The Morgan fingerprint density at radius 2 is 1.78 bits per heavy atom. The monoisotopic (exact) mass is 508 g/mol. The SMILES string of the molecule is Cc1c(C(=O)N2CCC3(CCCCn4cc(nn4)COCCNC3=O)CC2)cccc1N1CCCCC1. The number of likely N-dealkylation sites (tertiary alicyclic amines) is 1. The Bertz CT molecular complexity index is 1090. The number of hydrogen-bond donors (Lipinski definition) is 1. The van der Waals surface area contributed by atoms with Gasteiger partial charge in [0, 0.05) is 50.5 Å². The van der Waals surface area contributed by atoms with Gasteiger partial charge in [0.05, 0.1) is 24.8 Å². The highest BCUT2D eigenvalue weighted by molar-refractivity contribution is 5.97. The van der Waals surface area contributed by atoms with Gasteiger partial charge >= 0.3 is 0 Å². The number of benzene rings is 1. The van der Waals surface area contributed by atoms with E-state index in [1.807, 2.05) is 27.9 Å². The lowest BCUT2D eigenvalue weighted by atomic mass is 9.73. The number of carbonyl (C=O) groups excluding carboxylic acids is 2. The molecule has 200 valence electrons. The van der Waals surface area contributed by atoms with Crippen LogP contribution in [0.1, 0.15) is 73.0 Å². The molecule has 0 unspecified atom stereocenters. The lowest BCUT2D eigenvalue weighted by molar-refractivity contribution is -0.134. The third kappa shape index (κ3) is 5.81. The van der Waals surface area contributed by atoms with Crippen molar-refractivity contribution in [2.75, 3.05) is 44.2 Å². The van der Waals surface area contributed by atoms with E-state index >= 15 is 0 Å². The van der Waals surface area contributed by atoms with Gasteiger partial charge in [-0.2, -0.15) is 0 Å². The normalized spacial score (nSPS) is 21.4. The summed E-state index contributed by atoms with van der Waals surface area (Å²) in [7, 11) is 0. The first-order valence-electron chi connectivity index (χ1n) is 13.9. The fourth-order valence-corrected chi connectivity index (χ4v) is 6.08. The maximum atomic E-state index is 13.6. The smallest absolute Gasteiger partial charge is 0.254 e. The number of aromatic nitrogens is 3. The van der Waals surface area contributed by atoms with Crippen molar-refractivity contribution in [2.24, 2.45) is 5.41 Å². The number of fused-ring (bicyclic) bond motifs is 2. The molecule has 2 fully saturated rings. The van der Waals surface area contributed by atoms with Gasteiger partial charge in [-0.05, 0) is 69.6 Å². The number of hydrogen-bond acceptors (Lipinski definition) is 6. The average molecular weight is 509 g/mol. The van der Waals surface area contributed by atoms with Crippen LogP contribution in [0.2, 0.25) is 0 Å². The lowest BCUT2D eigenvalue weighted by Gasteiger charge is -2.41. The second-order valence-corrected chi connectivity index (χ2v) is 10.8. The molecule has 1 aromatic carbocycles. The maximum Gasteiger partial charge on any atom is 0.254 e. The molecule has 1 N–H and O–H groups in total. The van der Waals surface area contributed by atoms with Crippen LogP contribution in [-0.4, -0.2) is 71.0 Å². The number of carbonyl (C=O) groups is 2. The lowest BCUT2D eigenvalue weighted by Crippen LogP contribution is -2.50. The quantitative estimate of drug-likeness (QED) is 0.669. The number of rotatable bonds is 2. The largest absolute Gasteiger partial charge is 0.373 e. The minimum Gasteiger partial charge on any atom is -0.373 e. The summed E-state index contributed by atoms with van der Waals surface area (Å²) in [5.41, 5.74) is 3.42. The van der Waals surface area contributed by atoms with Crippen molar-refractivity contribution in [1.29, 1.82) is 0 Å². The van der Waals surface area contributed by atoms with E-state index in [0.717, 1.165) is 55.7 Å². The average Bonchev–Trinajstić information content (AvgIpc) is 3.38. The van der Waals surface area contributed by atoms with E-state index in [0.29, 0.717) is 45.7 Å². The predicted octanol–water partition coefficient (Wildman–Crippen LogP) is 3.32. The molecule has 9 heteroatoms. The second kappa shape index (κ2) is 11.6. The molecule has 0 aliphatic carbocycles. The third-order valence-electron chi connectivity index (χ3n) is 8.38. The summed E-state index contributed by atoms with van der Waals surface area (Å²) in [6, 6.07) is 6.12. The van der Waals surface area contributed by atoms with Crippen LogP contribution < -0.4 is 10.2 Å². The van der Waals surface area contributed by atoms with Crippen molar-refractivity contribution < 1.29 is 14.3 Å². The van der Waals surface area contributed by atoms with Crippen LogP contribution in [0, 0.1) is 12.3 Å². The summed E-state index contributed by atoms with van der Waals surface area (Å²) in [4.78, 5) is 31.4. The Kier molecular flexibility index (Phi) is 8.08. The van der Waals surface area contributed by atoms with Crippen molar-refractivity contribution in [3.8, 4) is 0 Å². The number of ether oxygens (including phenoxy) is 1. The number of aryl methyl sites for hydroxylation is 1. The topological polar surface area (TPSA) is 92.6 Å². The molecule has 0 radical (unpaired) electrons. The number of piperidine rings is 2. The van der Waals surface area contributed by atoms with Crippen LogP contribution in [0.3, 0.4) is 0 Å². The molecule has 2 aromatic rings. The van der Waals surface area contributed by atoms with E-state index in [9.17, 15) is 9.59 Å². The zero-order chi connectivity index (χ0) is 25.7. The van der Waals surface area contributed by atoms with Crippen LogP contribution in [0.25, 0.3) is 0 Å². The van der Waals surface area contributed by atoms with Crippen LogP contribution >= 0.6 is 0 Å². The fourth-order valence-electron chi connectivity index (χ4n) is 6.08. The molecule has 3 aliphatic rings. The Hall–Kier alpha value is -2.94. The van der Waals surface area contributed by atoms with Crippen molar-refractivity contribution in [2.45, 2.75) is 71.4 Å². The van der Waals surface area contributed by atoms with Gasteiger partial charge in [0.15, 0.2) is 0 Å². The summed E-state index contributed by atoms with van der Waals surface area (Å²) in [6.45, 7) is 7.48. The zero-order valence-electron chi connectivity index (χ0n) is 22.1. The van der Waals surface area contributed by atoms with E-state index in [-0.39, 0.29) is 11.8 Å². The van der Waals surface area contributed by atoms with Gasteiger partial charge in [-0.1, -0.05) is 17.7 Å². The fraction of sp³-hybridized carbons (Fsp3) is 0.643. The van der Waals surface area contributed by atoms with Gasteiger partial charge in [0.2, 0.25) is 5.91 Å². The zero-order valence-corrected chi connectivity index (χ0v) is 22.1. The molecule has 3 aliphatic heterocycles. The van der Waals surface area contributed by atoms with Crippen molar-refractivity contribution in [3.05, 3.63) is 41.2 Å². The molecule has 9 nitrogen and oxygen atoms in total. The Labute approximate surface area is 219 Å². The Morgan fingerprint density at radius 1 is 1.00 bits per heavy atom. The standard InChI is InChI=1S/C28H40N6O3/c1-22-24(8-7-9-25(22)32-14-4-2-5-15-32)26(35)33-17-11-28(12-18-33)10-3-6-16-34-20-23(30-31-34)21-37-19-13-29-27(28)36/h7-9,20H,2-6,10-19,21H2,1H3,(H,29,36). The molecule has 4 heterocycles. The van der Waals surface area contributed by atoms with Crippen LogP contribution in [0.4, 0.5) is 5.69 Å². The van der Waals surface area contributed by atoms with E-state index in [1.54, 1.807) is 0 Å². The highest BCUT2D eigenvalue weighted by atomic mass is 16.5. The minimum atomic E-state index is -0.445. The van der Waals surface area contributed by atoms with E-state index < -0.39 is 5.41 Å². The molecule has 1 spiro atoms. The third-order valence-corrected chi connectivity index (χ3v) is 8.38. The van der Waals surface area contributed by atoms with Crippen LogP contribution in [0.5, 0.6) is 0 Å². The molecule has 0 atom stereocenters. The highest BCUT2D eigenvalue weighted by Crippen LogP contribution is 2.38. The Morgan fingerprint density at radius 3 is 2.59 bits per heavy atom. The molecule has 1 aromatic heterocycles. The first-order valence-corrected chi connectivity index (χ1v) is 13.9. The molecule has 5 rings (SSSR count). The molecular weight excluding hydrogens is 468 g/mol. The minimum absolute atomic E-state index is 0.0860. The molecule has 2 amide bonds. The van der Waals surface area contributed by atoms with Gasteiger partial charge in [0.1, 0.15) is 5.69 Å². The summed E-state index contributed by atoms with van der Waals surface area (Å²) in [5.74, 6) is 0.184. The summed E-state index contributed by atoms with van der Waals surface area (Å²) >= 11 is 0. The van der Waals surface area contributed by atoms with Gasteiger partial charge in [-0.3, -0.25) is 14.3 Å².